The first-order valence-electron chi connectivity index (χ1n) is 7.16. The smallest absolute Gasteiger partial charge is 0.233 e. The van der Waals surface area contributed by atoms with Gasteiger partial charge in [-0.1, -0.05) is 44.2 Å². The molecule has 0 aliphatic carbocycles. The lowest BCUT2D eigenvalue weighted by molar-refractivity contribution is -0.139. The minimum atomic E-state index is -0.236. The second-order valence-electron chi connectivity index (χ2n) is 5.56. The molecule has 4 heteroatoms. The summed E-state index contributed by atoms with van der Waals surface area (Å²) in [5.74, 6) is -0.330. The van der Waals surface area contributed by atoms with Gasteiger partial charge >= 0.3 is 0 Å². The molecule has 0 radical (unpaired) electrons. The van der Waals surface area contributed by atoms with Crippen LogP contribution in [0.15, 0.2) is 30.3 Å². The van der Waals surface area contributed by atoms with Gasteiger partial charge in [0.25, 0.3) is 0 Å². The molecular formula is C16H22N2O2. The fraction of sp³-hybridized carbons (Fsp3) is 0.500. The zero-order valence-electron chi connectivity index (χ0n) is 12.1. The Morgan fingerprint density at radius 1 is 1.20 bits per heavy atom. The minimum Gasteiger partial charge on any atom is -0.329 e. The molecule has 1 heterocycles. The van der Waals surface area contributed by atoms with E-state index in [2.05, 4.69) is 19.1 Å². The first-order chi connectivity index (χ1) is 9.56. The highest BCUT2D eigenvalue weighted by molar-refractivity contribution is 6.04. The third kappa shape index (κ3) is 2.75. The molecule has 1 aliphatic rings. The lowest BCUT2D eigenvalue weighted by atomic mass is 9.85. The average molecular weight is 274 g/mol. The van der Waals surface area contributed by atoms with Crippen LogP contribution in [0.2, 0.25) is 0 Å². The number of carbonyl (C=O) groups excluding carboxylic acids is 2. The van der Waals surface area contributed by atoms with Gasteiger partial charge in [0.15, 0.2) is 0 Å². The molecule has 1 saturated heterocycles. The Kier molecular flexibility index (Phi) is 4.55. The summed E-state index contributed by atoms with van der Waals surface area (Å²) in [6.07, 6.45) is 0.705. The molecule has 0 saturated carbocycles. The molecule has 1 fully saturated rings. The van der Waals surface area contributed by atoms with Gasteiger partial charge in [-0.05, 0) is 17.9 Å². The third-order valence-corrected chi connectivity index (χ3v) is 4.17. The van der Waals surface area contributed by atoms with Crippen LogP contribution < -0.4 is 5.73 Å². The number of amides is 2. The highest BCUT2D eigenvalue weighted by Crippen LogP contribution is 2.34. The van der Waals surface area contributed by atoms with E-state index in [1.54, 1.807) is 0 Å². The van der Waals surface area contributed by atoms with E-state index in [4.69, 9.17) is 5.73 Å². The highest BCUT2D eigenvalue weighted by Gasteiger charge is 2.44. The van der Waals surface area contributed by atoms with Crippen molar-refractivity contribution in [3.63, 3.8) is 0 Å². The van der Waals surface area contributed by atoms with E-state index in [-0.39, 0.29) is 29.6 Å². The first kappa shape index (κ1) is 14.7. The van der Waals surface area contributed by atoms with Crippen LogP contribution in [-0.4, -0.2) is 29.8 Å². The number of nitrogens with two attached hydrogens (primary N) is 1. The van der Waals surface area contributed by atoms with Gasteiger partial charge in [-0.15, -0.1) is 0 Å². The SMILES string of the molecule is CC(CC1C(=O)N(CCN)C(=O)[C@@H]1C)c1ccccc1. The maximum Gasteiger partial charge on any atom is 0.233 e. The Bertz CT molecular complexity index is 487. The van der Waals surface area contributed by atoms with E-state index in [0.29, 0.717) is 19.5 Å². The number of rotatable bonds is 5. The van der Waals surface area contributed by atoms with E-state index in [9.17, 15) is 9.59 Å². The molecule has 4 nitrogen and oxygen atoms in total. The van der Waals surface area contributed by atoms with Gasteiger partial charge in [0.05, 0.1) is 5.92 Å². The van der Waals surface area contributed by atoms with E-state index in [0.717, 1.165) is 0 Å². The van der Waals surface area contributed by atoms with E-state index < -0.39 is 0 Å². The van der Waals surface area contributed by atoms with Crippen molar-refractivity contribution < 1.29 is 9.59 Å². The molecule has 2 amide bonds. The number of nitrogens with zero attached hydrogens (tertiary/aromatic N) is 1. The van der Waals surface area contributed by atoms with Crippen LogP contribution in [0.25, 0.3) is 0 Å². The zero-order valence-corrected chi connectivity index (χ0v) is 12.1. The van der Waals surface area contributed by atoms with Crippen LogP contribution in [0.1, 0.15) is 31.7 Å². The van der Waals surface area contributed by atoms with Crippen molar-refractivity contribution in [2.75, 3.05) is 13.1 Å². The van der Waals surface area contributed by atoms with Crippen molar-refractivity contribution in [2.24, 2.45) is 17.6 Å². The van der Waals surface area contributed by atoms with Gasteiger partial charge in [0.1, 0.15) is 0 Å². The number of hydrogen-bond acceptors (Lipinski definition) is 3. The largest absolute Gasteiger partial charge is 0.329 e. The Labute approximate surface area is 119 Å². The summed E-state index contributed by atoms with van der Waals surface area (Å²) >= 11 is 0. The van der Waals surface area contributed by atoms with Gasteiger partial charge < -0.3 is 5.73 Å². The number of benzene rings is 1. The summed E-state index contributed by atoms with van der Waals surface area (Å²) in [4.78, 5) is 25.7. The second-order valence-corrected chi connectivity index (χ2v) is 5.56. The van der Waals surface area contributed by atoms with Gasteiger partial charge in [0, 0.05) is 19.0 Å². The van der Waals surface area contributed by atoms with Crippen molar-refractivity contribution >= 4 is 11.8 Å². The van der Waals surface area contributed by atoms with E-state index in [1.165, 1.54) is 10.5 Å². The monoisotopic (exact) mass is 274 g/mol. The highest BCUT2D eigenvalue weighted by atomic mass is 16.2. The number of hydrogen-bond donors (Lipinski definition) is 1. The molecule has 2 rings (SSSR count). The Hall–Kier alpha value is -1.68. The summed E-state index contributed by atoms with van der Waals surface area (Å²) < 4.78 is 0. The van der Waals surface area contributed by atoms with Crippen molar-refractivity contribution in [3.05, 3.63) is 35.9 Å². The average Bonchev–Trinajstić information content (AvgIpc) is 2.66. The van der Waals surface area contributed by atoms with Crippen LogP contribution in [0, 0.1) is 11.8 Å². The Balaban J connectivity index is 2.09. The van der Waals surface area contributed by atoms with Crippen molar-refractivity contribution in [2.45, 2.75) is 26.2 Å². The second kappa shape index (κ2) is 6.18. The Morgan fingerprint density at radius 2 is 1.85 bits per heavy atom. The molecule has 0 aromatic heterocycles. The maximum absolute atomic E-state index is 12.3. The predicted molar refractivity (Wildman–Crippen MR) is 77.9 cm³/mol. The lowest BCUT2D eigenvalue weighted by Gasteiger charge is -2.18. The van der Waals surface area contributed by atoms with Crippen LogP contribution in [0.5, 0.6) is 0 Å². The molecule has 1 aromatic carbocycles. The van der Waals surface area contributed by atoms with E-state index in [1.807, 2.05) is 25.1 Å². The molecule has 3 atom stereocenters. The summed E-state index contributed by atoms with van der Waals surface area (Å²) in [7, 11) is 0. The molecule has 1 aromatic rings. The minimum absolute atomic E-state index is 0.0595. The summed E-state index contributed by atoms with van der Waals surface area (Å²) in [6, 6.07) is 10.1. The Morgan fingerprint density at radius 3 is 2.45 bits per heavy atom. The van der Waals surface area contributed by atoms with E-state index >= 15 is 0 Å². The van der Waals surface area contributed by atoms with Crippen LogP contribution in [0.4, 0.5) is 0 Å². The molecule has 0 bridgehead atoms. The van der Waals surface area contributed by atoms with Gasteiger partial charge in [-0.25, -0.2) is 0 Å². The summed E-state index contributed by atoms with van der Waals surface area (Å²) in [6.45, 7) is 4.61. The zero-order chi connectivity index (χ0) is 14.7. The number of likely N-dealkylation sites (tertiary alicyclic amines) is 1. The molecule has 108 valence electrons. The first-order valence-corrected chi connectivity index (χ1v) is 7.16. The predicted octanol–water partition coefficient (Wildman–Crippen LogP) is 1.76. The quantitative estimate of drug-likeness (QED) is 0.832. The topological polar surface area (TPSA) is 63.4 Å². The van der Waals surface area contributed by atoms with Crippen LogP contribution in [0.3, 0.4) is 0 Å². The summed E-state index contributed by atoms with van der Waals surface area (Å²) in [5, 5.41) is 0. The van der Waals surface area contributed by atoms with Crippen LogP contribution >= 0.6 is 0 Å². The summed E-state index contributed by atoms with van der Waals surface area (Å²) in [5.41, 5.74) is 6.68. The maximum atomic E-state index is 12.3. The fourth-order valence-corrected chi connectivity index (χ4v) is 2.89. The molecular weight excluding hydrogens is 252 g/mol. The normalized spacial score (nSPS) is 24.2. The number of carbonyl (C=O) groups is 2. The van der Waals surface area contributed by atoms with Gasteiger partial charge in [-0.3, -0.25) is 14.5 Å². The third-order valence-electron chi connectivity index (χ3n) is 4.17. The molecule has 20 heavy (non-hydrogen) atoms. The standard InChI is InChI=1S/C16H22N2O2/c1-11(13-6-4-3-5-7-13)10-14-12(2)15(19)18(9-8-17)16(14)20/h3-7,11-12,14H,8-10,17H2,1-2H3/t11?,12-,14?/m1/s1. The molecule has 2 unspecified atom stereocenters. The van der Waals surface area contributed by atoms with Crippen LogP contribution in [-0.2, 0) is 9.59 Å². The van der Waals surface area contributed by atoms with Crippen molar-refractivity contribution in [3.8, 4) is 0 Å². The van der Waals surface area contributed by atoms with Crippen molar-refractivity contribution in [1.82, 2.24) is 4.90 Å². The molecule has 1 aliphatic heterocycles. The fourth-order valence-electron chi connectivity index (χ4n) is 2.89. The molecule has 0 spiro atoms. The van der Waals surface area contributed by atoms with Crippen molar-refractivity contribution in [1.29, 1.82) is 0 Å². The molecule has 2 N–H and O–H groups in total. The van der Waals surface area contributed by atoms with Gasteiger partial charge in [0.2, 0.25) is 11.8 Å². The lowest BCUT2D eigenvalue weighted by Crippen LogP contribution is -2.35. The number of imide groups is 1. The van der Waals surface area contributed by atoms with Gasteiger partial charge in [-0.2, -0.15) is 0 Å².